The molecule has 0 fully saturated rings. The lowest BCUT2D eigenvalue weighted by Gasteiger charge is -2.29. The zero-order chi connectivity index (χ0) is 12.2. The van der Waals surface area contributed by atoms with Crippen LogP contribution in [-0.4, -0.2) is 0 Å². The standard InChI is InChI=1S/C14H22ClN/c1-4-11(5-2)10-14(3,16)12-7-6-8-13(15)9-12/h6-9,11H,4-5,10,16H2,1-3H3. The molecule has 1 unspecified atom stereocenters. The second-order valence-electron chi connectivity index (χ2n) is 4.81. The molecule has 0 amide bonds. The highest BCUT2D eigenvalue weighted by molar-refractivity contribution is 6.30. The van der Waals surface area contributed by atoms with Gasteiger partial charge in [-0.05, 0) is 37.0 Å². The molecule has 1 aromatic rings. The van der Waals surface area contributed by atoms with E-state index >= 15 is 0 Å². The minimum Gasteiger partial charge on any atom is -0.322 e. The fraction of sp³-hybridized carbons (Fsp3) is 0.571. The van der Waals surface area contributed by atoms with Gasteiger partial charge in [-0.15, -0.1) is 0 Å². The van der Waals surface area contributed by atoms with E-state index in [1.54, 1.807) is 0 Å². The van der Waals surface area contributed by atoms with Crippen LogP contribution in [-0.2, 0) is 5.54 Å². The molecule has 0 aliphatic carbocycles. The fourth-order valence-corrected chi connectivity index (χ4v) is 2.33. The van der Waals surface area contributed by atoms with Crippen LogP contribution in [0.5, 0.6) is 0 Å². The molecule has 90 valence electrons. The Bertz CT molecular complexity index is 329. The highest BCUT2D eigenvalue weighted by Gasteiger charge is 2.24. The van der Waals surface area contributed by atoms with Gasteiger partial charge in [0.05, 0.1) is 0 Å². The second kappa shape index (κ2) is 5.70. The summed E-state index contributed by atoms with van der Waals surface area (Å²) >= 11 is 6.00. The number of benzene rings is 1. The van der Waals surface area contributed by atoms with Crippen LogP contribution in [0, 0.1) is 5.92 Å². The Balaban J connectivity index is 2.84. The molecule has 0 aliphatic rings. The van der Waals surface area contributed by atoms with E-state index in [1.165, 1.54) is 12.8 Å². The monoisotopic (exact) mass is 239 g/mol. The van der Waals surface area contributed by atoms with E-state index in [9.17, 15) is 0 Å². The summed E-state index contributed by atoms with van der Waals surface area (Å²) in [5, 5.41) is 0.763. The summed E-state index contributed by atoms with van der Waals surface area (Å²) in [7, 11) is 0. The van der Waals surface area contributed by atoms with Gasteiger partial charge in [0.1, 0.15) is 0 Å². The van der Waals surface area contributed by atoms with E-state index in [4.69, 9.17) is 17.3 Å². The summed E-state index contributed by atoms with van der Waals surface area (Å²) in [6, 6.07) is 7.89. The van der Waals surface area contributed by atoms with E-state index < -0.39 is 0 Å². The largest absolute Gasteiger partial charge is 0.322 e. The van der Waals surface area contributed by atoms with Gasteiger partial charge < -0.3 is 5.73 Å². The van der Waals surface area contributed by atoms with E-state index in [-0.39, 0.29) is 5.54 Å². The quantitative estimate of drug-likeness (QED) is 0.813. The highest BCUT2D eigenvalue weighted by atomic mass is 35.5. The van der Waals surface area contributed by atoms with Crippen LogP contribution in [0.3, 0.4) is 0 Å². The molecule has 1 atom stereocenters. The van der Waals surface area contributed by atoms with Crippen molar-refractivity contribution in [1.82, 2.24) is 0 Å². The molecule has 0 radical (unpaired) electrons. The van der Waals surface area contributed by atoms with E-state index in [1.807, 2.05) is 18.2 Å². The molecule has 1 rings (SSSR count). The van der Waals surface area contributed by atoms with Crippen molar-refractivity contribution in [3.05, 3.63) is 34.9 Å². The summed E-state index contributed by atoms with van der Waals surface area (Å²) in [5.41, 5.74) is 7.26. The Kier molecular flexibility index (Phi) is 4.82. The summed E-state index contributed by atoms with van der Waals surface area (Å²) in [6.45, 7) is 6.54. The van der Waals surface area contributed by atoms with Crippen LogP contribution in [0.15, 0.2) is 24.3 Å². The Hall–Kier alpha value is -0.530. The van der Waals surface area contributed by atoms with Gasteiger partial charge in [-0.2, -0.15) is 0 Å². The van der Waals surface area contributed by atoms with Crippen molar-refractivity contribution in [2.45, 2.75) is 45.6 Å². The lowest BCUT2D eigenvalue weighted by molar-refractivity contribution is 0.329. The third-order valence-electron chi connectivity index (χ3n) is 3.35. The molecular formula is C14H22ClN. The first-order valence-electron chi connectivity index (χ1n) is 6.04. The summed E-state index contributed by atoms with van der Waals surface area (Å²) in [6.07, 6.45) is 3.38. The van der Waals surface area contributed by atoms with Gasteiger partial charge in [-0.1, -0.05) is 50.4 Å². The molecule has 0 saturated carbocycles. The van der Waals surface area contributed by atoms with Gasteiger partial charge in [0.15, 0.2) is 0 Å². The van der Waals surface area contributed by atoms with Crippen molar-refractivity contribution in [2.75, 3.05) is 0 Å². The van der Waals surface area contributed by atoms with Crippen molar-refractivity contribution in [3.63, 3.8) is 0 Å². The Morgan fingerprint density at radius 3 is 2.44 bits per heavy atom. The summed E-state index contributed by atoms with van der Waals surface area (Å²) < 4.78 is 0. The third kappa shape index (κ3) is 3.50. The first kappa shape index (κ1) is 13.5. The SMILES string of the molecule is CCC(CC)CC(C)(N)c1cccc(Cl)c1. The third-order valence-corrected chi connectivity index (χ3v) is 3.59. The normalized spacial score (nSPS) is 15.1. The summed E-state index contributed by atoms with van der Waals surface area (Å²) in [5.74, 6) is 0.689. The first-order valence-corrected chi connectivity index (χ1v) is 6.42. The number of hydrogen-bond donors (Lipinski definition) is 1. The Morgan fingerprint density at radius 2 is 1.94 bits per heavy atom. The molecule has 2 heteroatoms. The molecule has 0 saturated heterocycles. The number of nitrogens with two attached hydrogens (primary N) is 1. The van der Waals surface area contributed by atoms with Crippen molar-refractivity contribution in [1.29, 1.82) is 0 Å². The van der Waals surface area contributed by atoms with Gasteiger partial charge in [0.2, 0.25) is 0 Å². The maximum absolute atomic E-state index is 6.40. The molecule has 0 spiro atoms. The van der Waals surface area contributed by atoms with Gasteiger partial charge >= 0.3 is 0 Å². The fourth-order valence-electron chi connectivity index (χ4n) is 2.14. The van der Waals surface area contributed by atoms with Crippen LogP contribution < -0.4 is 5.73 Å². The van der Waals surface area contributed by atoms with E-state index in [0.717, 1.165) is 17.0 Å². The van der Waals surface area contributed by atoms with Gasteiger partial charge in [-0.3, -0.25) is 0 Å². The zero-order valence-electron chi connectivity index (χ0n) is 10.5. The van der Waals surface area contributed by atoms with Crippen LogP contribution in [0.1, 0.15) is 45.6 Å². The number of hydrogen-bond acceptors (Lipinski definition) is 1. The average Bonchev–Trinajstić information content (AvgIpc) is 2.26. The van der Waals surface area contributed by atoms with Gasteiger partial charge in [0, 0.05) is 10.6 Å². The lowest BCUT2D eigenvalue weighted by Crippen LogP contribution is -2.35. The van der Waals surface area contributed by atoms with Crippen molar-refractivity contribution in [3.8, 4) is 0 Å². The lowest BCUT2D eigenvalue weighted by atomic mass is 9.82. The van der Waals surface area contributed by atoms with E-state index in [0.29, 0.717) is 5.92 Å². The molecule has 16 heavy (non-hydrogen) atoms. The first-order chi connectivity index (χ1) is 7.49. The van der Waals surface area contributed by atoms with Crippen LogP contribution >= 0.6 is 11.6 Å². The smallest absolute Gasteiger partial charge is 0.0409 e. The van der Waals surface area contributed by atoms with Gasteiger partial charge in [-0.25, -0.2) is 0 Å². The summed E-state index contributed by atoms with van der Waals surface area (Å²) in [4.78, 5) is 0. The topological polar surface area (TPSA) is 26.0 Å². The second-order valence-corrected chi connectivity index (χ2v) is 5.25. The Morgan fingerprint density at radius 1 is 1.31 bits per heavy atom. The van der Waals surface area contributed by atoms with Crippen molar-refractivity contribution < 1.29 is 0 Å². The zero-order valence-corrected chi connectivity index (χ0v) is 11.2. The average molecular weight is 240 g/mol. The molecule has 0 aromatic heterocycles. The van der Waals surface area contributed by atoms with Crippen LogP contribution in [0.4, 0.5) is 0 Å². The molecule has 0 heterocycles. The highest BCUT2D eigenvalue weighted by Crippen LogP contribution is 2.29. The predicted molar refractivity (Wildman–Crippen MR) is 71.7 cm³/mol. The minimum absolute atomic E-state index is 0.276. The van der Waals surface area contributed by atoms with Crippen LogP contribution in [0.25, 0.3) is 0 Å². The predicted octanol–water partition coefficient (Wildman–Crippen LogP) is 4.34. The molecular weight excluding hydrogens is 218 g/mol. The van der Waals surface area contributed by atoms with E-state index in [2.05, 4.69) is 26.8 Å². The maximum atomic E-state index is 6.40. The molecule has 2 N–H and O–H groups in total. The van der Waals surface area contributed by atoms with Crippen molar-refractivity contribution >= 4 is 11.6 Å². The number of halogens is 1. The minimum atomic E-state index is -0.276. The molecule has 0 aliphatic heterocycles. The molecule has 1 nitrogen and oxygen atoms in total. The Labute approximate surface area is 104 Å². The van der Waals surface area contributed by atoms with Crippen molar-refractivity contribution in [2.24, 2.45) is 11.7 Å². The number of rotatable bonds is 5. The van der Waals surface area contributed by atoms with Crippen LogP contribution in [0.2, 0.25) is 5.02 Å². The molecule has 0 bridgehead atoms. The maximum Gasteiger partial charge on any atom is 0.0409 e. The molecule has 1 aromatic carbocycles. The van der Waals surface area contributed by atoms with Gasteiger partial charge in [0.25, 0.3) is 0 Å².